The summed E-state index contributed by atoms with van der Waals surface area (Å²) >= 11 is 0. The molecule has 0 bridgehead atoms. The third-order valence-electron chi connectivity index (χ3n) is 4.33. The van der Waals surface area contributed by atoms with Crippen LogP contribution in [0.25, 0.3) is 10.9 Å². The Kier molecular flexibility index (Phi) is 6.22. The van der Waals surface area contributed by atoms with E-state index in [4.69, 9.17) is 14.2 Å². The molecule has 1 heterocycles. The van der Waals surface area contributed by atoms with E-state index in [0.717, 1.165) is 22.2 Å². The van der Waals surface area contributed by atoms with Crippen molar-refractivity contribution in [3.8, 4) is 23.1 Å². The lowest BCUT2D eigenvalue weighted by molar-refractivity contribution is -0.119. The van der Waals surface area contributed by atoms with E-state index < -0.39 is 0 Å². The van der Waals surface area contributed by atoms with Crippen molar-refractivity contribution in [2.45, 2.75) is 39.8 Å². The highest BCUT2D eigenvalue weighted by Gasteiger charge is 2.11. The summed E-state index contributed by atoms with van der Waals surface area (Å²) in [5, 5.41) is 3.86. The highest BCUT2D eigenvalue weighted by molar-refractivity contribution is 5.80. The number of rotatable bonds is 7. The summed E-state index contributed by atoms with van der Waals surface area (Å²) in [5.41, 5.74) is 1.82. The zero-order valence-corrected chi connectivity index (χ0v) is 17.4. The van der Waals surface area contributed by atoms with Crippen LogP contribution in [-0.4, -0.2) is 24.1 Å². The van der Waals surface area contributed by atoms with Crippen molar-refractivity contribution in [2.75, 3.05) is 7.11 Å². The normalized spacial score (nSPS) is 11.9. The molecule has 2 aromatic carbocycles. The number of nitrogens with one attached hydrogen (secondary N) is 1. The predicted octanol–water partition coefficient (Wildman–Crippen LogP) is 5.02. The van der Waals surface area contributed by atoms with Crippen molar-refractivity contribution in [1.29, 1.82) is 0 Å². The Hall–Kier alpha value is -3.28. The lowest BCUT2D eigenvalue weighted by atomic mass is 10.1. The molecule has 3 aromatic rings. The summed E-state index contributed by atoms with van der Waals surface area (Å²) in [4.78, 5) is 15.9. The molecule has 6 nitrogen and oxygen atoms in total. The van der Waals surface area contributed by atoms with Gasteiger partial charge in [0.15, 0.2) is 11.5 Å². The Morgan fingerprint density at radius 2 is 1.79 bits per heavy atom. The molecule has 1 N–H and O–H groups in total. The molecular formula is C23H26N2O4. The van der Waals surface area contributed by atoms with Crippen molar-refractivity contribution in [1.82, 2.24) is 10.3 Å². The van der Waals surface area contributed by atoms with Gasteiger partial charge < -0.3 is 19.5 Å². The largest absolute Gasteiger partial charge is 0.493 e. The molecule has 0 saturated carbocycles. The molecule has 29 heavy (non-hydrogen) atoms. The summed E-state index contributed by atoms with van der Waals surface area (Å²) in [6.07, 6.45) is 0.0758. The number of fused-ring (bicyclic) bond motifs is 1. The smallest absolute Gasteiger partial charge is 0.219 e. The first kappa shape index (κ1) is 20.5. The molecule has 0 spiro atoms. The summed E-state index contributed by atoms with van der Waals surface area (Å²) in [6, 6.07) is 15.0. The molecule has 152 valence electrons. The van der Waals surface area contributed by atoms with Gasteiger partial charge in [-0.15, -0.1) is 0 Å². The van der Waals surface area contributed by atoms with Gasteiger partial charge in [0.05, 0.1) is 24.8 Å². The lowest BCUT2D eigenvalue weighted by Crippen LogP contribution is -2.23. The van der Waals surface area contributed by atoms with Crippen LogP contribution < -0.4 is 19.5 Å². The number of aromatic nitrogens is 1. The third kappa shape index (κ3) is 5.16. The fraction of sp³-hybridized carbons (Fsp3) is 0.304. The van der Waals surface area contributed by atoms with Crippen LogP contribution in [0, 0.1) is 0 Å². The third-order valence-corrected chi connectivity index (χ3v) is 4.33. The molecule has 1 aromatic heterocycles. The van der Waals surface area contributed by atoms with Crippen LogP contribution in [0.15, 0.2) is 48.5 Å². The molecule has 0 saturated heterocycles. The molecule has 1 atom stereocenters. The van der Waals surface area contributed by atoms with Crippen molar-refractivity contribution in [3.63, 3.8) is 0 Å². The Morgan fingerprint density at radius 3 is 2.48 bits per heavy atom. The summed E-state index contributed by atoms with van der Waals surface area (Å²) in [5.74, 6) is 2.27. The number of nitrogens with zero attached hydrogens (tertiary/aromatic N) is 1. The maximum absolute atomic E-state index is 11.3. The minimum atomic E-state index is -0.0661. The van der Waals surface area contributed by atoms with E-state index in [-0.39, 0.29) is 18.1 Å². The Bertz CT molecular complexity index is 1020. The molecule has 1 unspecified atom stereocenters. The molecule has 6 heteroatoms. The maximum Gasteiger partial charge on any atom is 0.219 e. The Morgan fingerprint density at radius 1 is 1.00 bits per heavy atom. The van der Waals surface area contributed by atoms with E-state index in [2.05, 4.69) is 10.3 Å². The van der Waals surface area contributed by atoms with Crippen LogP contribution in [0.3, 0.4) is 0 Å². The fourth-order valence-corrected chi connectivity index (χ4v) is 3.03. The van der Waals surface area contributed by atoms with Gasteiger partial charge in [-0.3, -0.25) is 4.79 Å². The number of benzene rings is 2. The standard InChI is InChI=1S/C23H26N2O4/c1-14(2)28-19-8-10-21(22(13-19)27-5)29-23-11-7-18-12-17(6-9-20(18)25-23)15(3)24-16(4)26/h6-15H,1-5H3,(H,24,26). The van der Waals surface area contributed by atoms with Crippen molar-refractivity contribution in [2.24, 2.45) is 0 Å². The molecule has 0 aliphatic rings. The number of methoxy groups -OCH3 is 1. The average Bonchev–Trinajstić information content (AvgIpc) is 2.67. The van der Waals surface area contributed by atoms with Gasteiger partial charge in [-0.05, 0) is 56.7 Å². The molecule has 3 rings (SSSR count). The number of hydrogen-bond donors (Lipinski definition) is 1. The zero-order valence-electron chi connectivity index (χ0n) is 17.4. The SMILES string of the molecule is COc1cc(OC(C)C)ccc1Oc1ccc2cc(C(C)NC(C)=O)ccc2n1. The van der Waals surface area contributed by atoms with E-state index in [1.165, 1.54) is 6.92 Å². The maximum atomic E-state index is 11.3. The van der Waals surface area contributed by atoms with Gasteiger partial charge in [-0.25, -0.2) is 4.98 Å². The predicted molar refractivity (Wildman–Crippen MR) is 113 cm³/mol. The van der Waals surface area contributed by atoms with Crippen LogP contribution in [0.1, 0.15) is 39.3 Å². The van der Waals surface area contributed by atoms with Crippen LogP contribution in [0.5, 0.6) is 23.1 Å². The highest BCUT2D eigenvalue weighted by Crippen LogP contribution is 2.35. The topological polar surface area (TPSA) is 69.7 Å². The second-order valence-corrected chi connectivity index (χ2v) is 7.11. The summed E-state index contributed by atoms with van der Waals surface area (Å²) < 4.78 is 17.1. The fourth-order valence-electron chi connectivity index (χ4n) is 3.03. The zero-order chi connectivity index (χ0) is 21.0. The molecule has 0 fully saturated rings. The summed E-state index contributed by atoms with van der Waals surface area (Å²) in [7, 11) is 1.59. The van der Waals surface area contributed by atoms with Gasteiger partial charge >= 0.3 is 0 Å². The first-order valence-electron chi connectivity index (χ1n) is 9.56. The lowest BCUT2D eigenvalue weighted by Gasteiger charge is -2.15. The number of amides is 1. The Labute approximate surface area is 170 Å². The van der Waals surface area contributed by atoms with Crippen LogP contribution in [0.2, 0.25) is 0 Å². The monoisotopic (exact) mass is 394 g/mol. The number of hydrogen-bond acceptors (Lipinski definition) is 5. The number of carbonyl (C=O) groups is 1. The number of carbonyl (C=O) groups excluding carboxylic acids is 1. The van der Waals surface area contributed by atoms with E-state index >= 15 is 0 Å². The van der Waals surface area contributed by atoms with Gasteiger partial charge in [-0.2, -0.15) is 0 Å². The number of ether oxygens (including phenoxy) is 3. The second kappa shape index (κ2) is 8.82. The molecule has 0 aliphatic heterocycles. The summed E-state index contributed by atoms with van der Waals surface area (Å²) in [6.45, 7) is 7.40. The Balaban J connectivity index is 1.83. The van der Waals surface area contributed by atoms with Gasteiger partial charge in [0.2, 0.25) is 11.8 Å². The van der Waals surface area contributed by atoms with Crippen molar-refractivity contribution in [3.05, 3.63) is 54.1 Å². The van der Waals surface area contributed by atoms with Crippen molar-refractivity contribution < 1.29 is 19.0 Å². The van der Waals surface area contributed by atoms with Gasteiger partial charge in [0.1, 0.15) is 5.75 Å². The van der Waals surface area contributed by atoms with E-state index in [0.29, 0.717) is 17.4 Å². The second-order valence-electron chi connectivity index (χ2n) is 7.11. The molecular weight excluding hydrogens is 368 g/mol. The van der Waals surface area contributed by atoms with Gasteiger partial charge in [0.25, 0.3) is 0 Å². The van der Waals surface area contributed by atoms with Crippen molar-refractivity contribution >= 4 is 16.8 Å². The number of pyridine rings is 1. The van der Waals surface area contributed by atoms with Crippen LogP contribution in [-0.2, 0) is 4.79 Å². The first-order valence-corrected chi connectivity index (χ1v) is 9.56. The van der Waals surface area contributed by atoms with Gasteiger partial charge in [0, 0.05) is 24.4 Å². The molecule has 1 amide bonds. The van der Waals surface area contributed by atoms with Gasteiger partial charge in [-0.1, -0.05) is 6.07 Å². The van der Waals surface area contributed by atoms with E-state index in [1.807, 2.05) is 57.2 Å². The quantitative estimate of drug-likeness (QED) is 0.609. The highest BCUT2D eigenvalue weighted by atomic mass is 16.5. The minimum absolute atomic E-state index is 0.0572. The van der Waals surface area contributed by atoms with Crippen LogP contribution in [0.4, 0.5) is 0 Å². The minimum Gasteiger partial charge on any atom is -0.493 e. The average molecular weight is 394 g/mol. The van der Waals surface area contributed by atoms with E-state index in [1.54, 1.807) is 19.2 Å². The molecule has 0 radical (unpaired) electrons. The van der Waals surface area contributed by atoms with Crippen LogP contribution >= 0.6 is 0 Å². The molecule has 0 aliphatic carbocycles. The first-order chi connectivity index (χ1) is 13.9. The van der Waals surface area contributed by atoms with E-state index in [9.17, 15) is 4.79 Å².